The first-order chi connectivity index (χ1) is 17.1. The monoisotopic (exact) mass is 495 g/mol. The third-order valence-corrected chi connectivity index (χ3v) is 7.77. The molecule has 35 heavy (non-hydrogen) atoms. The maximum Gasteiger partial charge on any atom is 0.264 e. The van der Waals surface area contributed by atoms with E-state index in [1.54, 1.807) is 17.4 Å². The van der Waals surface area contributed by atoms with Gasteiger partial charge in [-0.15, -0.1) is 11.3 Å². The molecule has 2 aliphatic heterocycles. The first-order valence-corrected chi connectivity index (χ1v) is 12.8. The quantitative estimate of drug-likeness (QED) is 0.509. The van der Waals surface area contributed by atoms with Crippen LogP contribution in [0.2, 0.25) is 0 Å². The maximum atomic E-state index is 14.0. The zero-order chi connectivity index (χ0) is 24.2. The highest BCUT2D eigenvalue weighted by atomic mass is 32.1. The number of hydrogen-bond acceptors (Lipinski definition) is 6. The van der Waals surface area contributed by atoms with Gasteiger partial charge in [-0.05, 0) is 29.3 Å². The number of carbonyl (C=O) groups excluding carboxylic acids is 1. The highest BCUT2D eigenvalue weighted by Crippen LogP contribution is 2.40. The average Bonchev–Trinajstić information content (AvgIpc) is 3.36. The van der Waals surface area contributed by atoms with Crippen LogP contribution in [0.5, 0.6) is 5.75 Å². The number of thiophene rings is 1. The second-order valence-corrected chi connectivity index (χ2v) is 9.86. The Balaban J connectivity index is 1.27. The van der Waals surface area contributed by atoms with Gasteiger partial charge >= 0.3 is 0 Å². The number of benzene rings is 2. The maximum absolute atomic E-state index is 14.0. The van der Waals surface area contributed by atoms with Crippen LogP contribution in [0.3, 0.4) is 0 Å². The highest BCUT2D eigenvalue weighted by molar-refractivity contribution is 7.18. The molecular formula is C27H30FN3O3S. The van der Waals surface area contributed by atoms with E-state index in [0.29, 0.717) is 32.8 Å². The van der Waals surface area contributed by atoms with E-state index in [9.17, 15) is 9.18 Å². The minimum absolute atomic E-state index is 0.0850. The third-order valence-electron chi connectivity index (χ3n) is 6.59. The molecule has 0 spiro atoms. The van der Waals surface area contributed by atoms with Gasteiger partial charge in [0.2, 0.25) is 0 Å². The lowest BCUT2D eigenvalue weighted by molar-refractivity contribution is 0.0633. The summed E-state index contributed by atoms with van der Waals surface area (Å²) in [5.41, 5.74) is 3.14. The standard InChI is InChI=1S/C27H30FN3O3S/c1-33-24-8-7-20(17-23(24)28)19-29-9-11-30(12-10-29)26(32)25-18-22(21-5-3-2-4-6-21)27(35-25)31-13-15-34-16-14-31/h2-8,17-18H,9-16,19H2,1H3. The van der Waals surface area contributed by atoms with E-state index in [-0.39, 0.29) is 17.5 Å². The SMILES string of the molecule is COc1ccc(CN2CCN(C(=O)c3cc(-c4ccccc4)c(N4CCOCC4)s3)CC2)cc1F. The summed E-state index contributed by atoms with van der Waals surface area (Å²) in [6, 6.07) is 17.4. The molecule has 3 aromatic rings. The van der Waals surface area contributed by atoms with Gasteiger partial charge in [0.15, 0.2) is 11.6 Å². The van der Waals surface area contributed by atoms with E-state index in [1.807, 2.05) is 29.2 Å². The second-order valence-electron chi connectivity index (χ2n) is 8.83. The molecule has 0 radical (unpaired) electrons. The van der Waals surface area contributed by atoms with Gasteiger partial charge in [-0.3, -0.25) is 9.69 Å². The van der Waals surface area contributed by atoms with E-state index >= 15 is 0 Å². The van der Waals surface area contributed by atoms with Crippen molar-refractivity contribution in [1.29, 1.82) is 0 Å². The summed E-state index contributed by atoms with van der Waals surface area (Å²) >= 11 is 1.58. The topological polar surface area (TPSA) is 45.2 Å². The van der Waals surface area contributed by atoms with Crippen LogP contribution in [-0.2, 0) is 11.3 Å². The minimum atomic E-state index is -0.346. The number of anilines is 1. The average molecular weight is 496 g/mol. The van der Waals surface area contributed by atoms with Crippen LogP contribution in [0.4, 0.5) is 9.39 Å². The Morgan fingerprint density at radius 3 is 2.43 bits per heavy atom. The fourth-order valence-electron chi connectivity index (χ4n) is 4.64. The van der Waals surface area contributed by atoms with Crippen LogP contribution >= 0.6 is 11.3 Å². The summed E-state index contributed by atoms with van der Waals surface area (Å²) < 4.78 is 24.6. The van der Waals surface area contributed by atoms with Crippen molar-refractivity contribution in [3.63, 3.8) is 0 Å². The third kappa shape index (κ3) is 5.34. The van der Waals surface area contributed by atoms with E-state index in [1.165, 1.54) is 13.2 Å². The van der Waals surface area contributed by atoms with E-state index < -0.39 is 0 Å². The molecule has 8 heteroatoms. The summed E-state index contributed by atoms with van der Waals surface area (Å²) in [5, 5.41) is 1.14. The van der Waals surface area contributed by atoms with Crippen LogP contribution in [0.25, 0.3) is 11.1 Å². The molecule has 3 heterocycles. The Kier molecular flexibility index (Phi) is 7.32. The van der Waals surface area contributed by atoms with Crippen LogP contribution in [0, 0.1) is 5.82 Å². The van der Waals surface area contributed by atoms with Gasteiger partial charge < -0.3 is 19.3 Å². The Hall–Kier alpha value is -2.94. The van der Waals surface area contributed by atoms with Crippen LogP contribution < -0.4 is 9.64 Å². The Bertz CT molecular complexity index is 1160. The lowest BCUT2D eigenvalue weighted by Gasteiger charge is -2.34. The molecule has 1 amide bonds. The number of halogens is 1. The van der Waals surface area contributed by atoms with Crippen LogP contribution in [0.15, 0.2) is 54.6 Å². The predicted molar refractivity (Wildman–Crippen MR) is 137 cm³/mol. The molecule has 184 valence electrons. The van der Waals surface area contributed by atoms with Gasteiger partial charge in [-0.25, -0.2) is 4.39 Å². The molecule has 0 bridgehead atoms. The van der Waals surface area contributed by atoms with Crippen molar-refractivity contribution < 1.29 is 18.7 Å². The predicted octanol–water partition coefficient (Wildman–Crippen LogP) is 4.36. The summed E-state index contributed by atoms with van der Waals surface area (Å²) in [6.07, 6.45) is 0. The van der Waals surface area contributed by atoms with Crippen molar-refractivity contribution in [3.8, 4) is 16.9 Å². The van der Waals surface area contributed by atoms with Crippen molar-refractivity contribution >= 4 is 22.2 Å². The van der Waals surface area contributed by atoms with Crippen molar-refractivity contribution in [2.24, 2.45) is 0 Å². The molecule has 0 aliphatic carbocycles. The number of ether oxygens (including phenoxy) is 2. The Morgan fingerprint density at radius 1 is 1.00 bits per heavy atom. The number of amides is 1. The number of morpholine rings is 1. The molecule has 2 fully saturated rings. The number of carbonyl (C=O) groups is 1. The zero-order valence-electron chi connectivity index (χ0n) is 19.9. The lowest BCUT2D eigenvalue weighted by atomic mass is 10.1. The molecule has 0 atom stereocenters. The van der Waals surface area contributed by atoms with Gasteiger partial charge in [0, 0.05) is 51.4 Å². The Morgan fingerprint density at radius 2 is 1.74 bits per heavy atom. The molecule has 2 aliphatic rings. The van der Waals surface area contributed by atoms with Gasteiger partial charge in [0.25, 0.3) is 5.91 Å². The molecule has 2 saturated heterocycles. The summed E-state index contributed by atoms with van der Waals surface area (Å²) in [7, 11) is 1.47. The van der Waals surface area contributed by atoms with Crippen molar-refractivity contribution in [2.45, 2.75) is 6.54 Å². The normalized spacial score (nSPS) is 17.0. The fourth-order valence-corrected chi connectivity index (χ4v) is 5.84. The lowest BCUT2D eigenvalue weighted by Crippen LogP contribution is -2.48. The van der Waals surface area contributed by atoms with Crippen LogP contribution in [0.1, 0.15) is 15.2 Å². The van der Waals surface area contributed by atoms with Gasteiger partial charge in [-0.1, -0.05) is 36.4 Å². The number of hydrogen-bond donors (Lipinski definition) is 0. The molecule has 0 unspecified atom stereocenters. The highest BCUT2D eigenvalue weighted by Gasteiger charge is 2.27. The Labute approximate surface area is 209 Å². The number of rotatable bonds is 6. The van der Waals surface area contributed by atoms with Crippen molar-refractivity contribution in [3.05, 3.63) is 70.9 Å². The molecule has 2 aromatic carbocycles. The fraction of sp³-hybridized carbons (Fsp3) is 0.370. The molecule has 6 nitrogen and oxygen atoms in total. The number of piperazine rings is 1. The zero-order valence-corrected chi connectivity index (χ0v) is 20.7. The molecule has 0 saturated carbocycles. The van der Waals surface area contributed by atoms with Gasteiger partial charge in [0.1, 0.15) is 0 Å². The van der Waals surface area contributed by atoms with E-state index in [4.69, 9.17) is 9.47 Å². The van der Waals surface area contributed by atoms with E-state index in [0.717, 1.165) is 52.7 Å². The molecular weight excluding hydrogens is 465 g/mol. The first-order valence-electron chi connectivity index (χ1n) is 12.0. The molecule has 5 rings (SSSR count). The van der Waals surface area contributed by atoms with Gasteiger partial charge in [0.05, 0.1) is 30.2 Å². The first kappa shape index (κ1) is 23.8. The smallest absolute Gasteiger partial charge is 0.264 e. The summed E-state index contributed by atoms with van der Waals surface area (Å²) in [6.45, 7) is 6.55. The summed E-state index contributed by atoms with van der Waals surface area (Å²) in [5.74, 6) is -0.00457. The van der Waals surface area contributed by atoms with Crippen LogP contribution in [-0.4, -0.2) is 75.3 Å². The number of nitrogens with zero attached hydrogens (tertiary/aromatic N) is 3. The van der Waals surface area contributed by atoms with Crippen molar-refractivity contribution in [2.75, 3.05) is 64.5 Å². The summed E-state index contributed by atoms with van der Waals surface area (Å²) in [4.78, 5) is 20.8. The molecule has 0 N–H and O–H groups in total. The minimum Gasteiger partial charge on any atom is -0.494 e. The molecule has 1 aromatic heterocycles. The van der Waals surface area contributed by atoms with Gasteiger partial charge in [-0.2, -0.15) is 0 Å². The largest absolute Gasteiger partial charge is 0.494 e. The van der Waals surface area contributed by atoms with Crippen molar-refractivity contribution in [1.82, 2.24) is 9.80 Å². The second kappa shape index (κ2) is 10.8. The number of methoxy groups -OCH3 is 1. The van der Waals surface area contributed by atoms with E-state index in [2.05, 4.69) is 28.0 Å².